The molecule has 0 aromatic rings. The molecule has 1 heterocycles. The average molecular weight is 219 g/mol. The van der Waals surface area contributed by atoms with Crippen molar-refractivity contribution in [2.45, 2.75) is 12.5 Å². The maximum absolute atomic E-state index is 11.4. The van der Waals surface area contributed by atoms with Crippen LogP contribution in [-0.2, 0) is 9.59 Å². The Morgan fingerprint density at radius 1 is 1.57 bits per heavy atom. The number of thioether (sulfide) groups is 1. The Kier molecular flexibility index (Phi) is 4.21. The molecule has 1 aliphatic rings. The summed E-state index contributed by atoms with van der Waals surface area (Å²) >= 11 is 1.68. The van der Waals surface area contributed by atoms with Gasteiger partial charge in [0, 0.05) is 11.7 Å². The molecule has 1 unspecified atom stereocenters. The minimum absolute atomic E-state index is 0.103. The van der Waals surface area contributed by atoms with Gasteiger partial charge in [0.05, 0.1) is 6.61 Å². The van der Waals surface area contributed by atoms with E-state index in [9.17, 15) is 9.59 Å². The van der Waals surface area contributed by atoms with Gasteiger partial charge in [-0.2, -0.15) is 11.8 Å². The van der Waals surface area contributed by atoms with E-state index in [1.165, 1.54) is 0 Å². The number of nitrogens with one attached hydrogen (secondary N) is 1. The van der Waals surface area contributed by atoms with E-state index < -0.39 is 18.6 Å². The lowest BCUT2D eigenvalue weighted by molar-refractivity contribution is -0.143. The minimum Gasteiger partial charge on any atom is -0.480 e. The van der Waals surface area contributed by atoms with Gasteiger partial charge in [0.15, 0.2) is 0 Å². The van der Waals surface area contributed by atoms with Crippen molar-refractivity contribution in [3.63, 3.8) is 0 Å². The molecule has 1 amide bonds. The molecule has 1 aliphatic heterocycles. The maximum atomic E-state index is 11.4. The maximum Gasteiger partial charge on any atom is 0.328 e. The molecule has 80 valence electrons. The molecule has 14 heavy (non-hydrogen) atoms. The van der Waals surface area contributed by atoms with Crippen molar-refractivity contribution in [2.24, 2.45) is 5.92 Å². The van der Waals surface area contributed by atoms with Crippen molar-refractivity contribution in [2.75, 3.05) is 18.1 Å². The summed E-state index contributed by atoms with van der Waals surface area (Å²) in [6.45, 7) is -0.569. The molecule has 0 radical (unpaired) electrons. The molecule has 0 saturated carbocycles. The van der Waals surface area contributed by atoms with Crippen LogP contribution in [-0.4, -0.2) is 46.2 Å². The van der Waals surface area contributed by atoms with E-state index >= 15 is 0 Å². The molecule has 0 spiro atoms. The summed E-state index contributed by atoms with van der Waals surface area (Å²) in [6.07, 6.45) is 0.786. The summed E-state index contributed by atoms with van der Waals surface area (Å²) < 4.78 is 0. The van der Waals surface area contributed by atoms with Gasteiger partial charge < -0.3 is 15.5 Å². The van der Waals surface area contributed by atoms with Crippen LogP contribution in [0.5, 0.6) is 0 Å². The summed E-state index contributed by atoms with van der Waals surface area (Å²) in [4.78, 5) is 21.9. The first-order valence-corrected chi connectivity index (χ1v) is 5.52. The third kappa shape index (κ3) is 2.88. The highest BCUT2D eigenvalue weighted by Crippen LogP contribution is 2.23. The number of rotatable bonds is 4. The molecule has 3 N–H and O–H groups in total. The van der Waals surface area contributed by atoms with Gasteiger partial charge in [-0.3, -0.25) is 4.79 Å². The summed E-state index contributed by atoms with van der Waals surface area (Å²) in [7, 11) is 0. The van der Waals surface area contributed by atoms with Crippen LogP contribution in [0.2, 0.25) is 0 Å². The fraction of sp³-hybridized carbons (Fsp3) is 0.750. The number of aliphatic hydroxyl groups excluding tert-OH is 1. The molecule has 1 fully saturated rings. The SMILES string of the molecule is O=C(N[C@@H](CO)C(=O)O)C1CCSC1. The largest absolute Gasteiger partial charge is 0.480 e. The number of carbonyl (C=O) groups is 2. The van der Waals surface area contributed by atoms with Crippen molar-refractivity contribution < 1.29 is 19.8 Å². The monoisotopic (exact) mass is 219 g/mol. The third-order valence-electron chi connectivity index (χ3n) is 2.10. The fourth-order valence-electron chi connectivity index (χ4n) is 1.22. The van der Waals surface area contributed by atoms with Crippen LogP contribution in [0.3, 0.4) is 0 Å². The number of hydrogen-bond acceptors (Lipinski definition) is 4. The average Bonchev–Trinajstić information content (AvgIpc) is 2.65. The quantitative estimate of drug-likeness (QED) is 0.582. The van der Waals surface area contributed by atoms with Crippen LogP contribution < -0.4 is 5.32 Å². The number of carboxylic acid groups (broad SMARTS) is 1. The van der Waals surface area contributed by atoms with Gasteiger partial charge in [0.2, 0.25) is 5.91 Å². The lowest BCUT2D eigenvalue weighted by Crippen LogP contribution is -2.45. The molecule has 0 aromatic heterocycles. The third-order valence-corrected chi connectivity index (χ3v) is 3.26. The molecule has 0 bridgehead atoms. The number of aliphatic hydroxyl groups is 1. The van der Waals surface area contributed by atoms with Crippen molar-refractivity contribution in [3.8, 4) is 0 Å². The molecule has 1 saturated heterocycles. The van der Waals surface area contributed by atoms with Crippen LogP contribution in [0.25, 0.3) is 0 Å². The van der Waals surface area contributed by atoms with Crippen LogP contribution >= 0.6 is 11.8 Å². The van der Waals surface area contributed by atoms with Gasteiger partial charge >= 0.3 is 5.97 Å². The predicted molar refractivity (Wildman–Crippen MR) is 52.1 cm³/mol. The van der Waals surface area contributed by atoms with Crippen LogP contribution in [0.15, 0.2) is 0 Å². The number of aliphatic carboxylic acids is 1. The van der Waals surface area contributed by atoms with E-state index in [1.807, 2.05) is 0 Å². The Balaban J connectivity index is 2.41. The number of amides is 1. The predicted octanol–water partition coefficient (Wildman–Crippen LogP) is -0.699. The first kappa shape index (κ1) is 11.3. The molecule has 0 aliphatic carbocycles. The Morgan fingerprint density at radius 2 is 2.29 bits per heavy atom. The van der Waals surface area contributed by atoms with E-state index in [0.29, 0.717) is 0 Å². The minimum atomic E-state index is -1.20. The lowest BCUT2D eigenvalue weighted by atomic mass is 10.1. The highest BCUT2D eigenvalue weighted by Gasteiger charge is 2.27. The second-order valence-electron chi connectivity index (χ2n) is 3.14. The smallest absolute Gasteiger partial charge is 0.328 e. The van der Waals surface area contributed by atoms with Crippen molar-refractivity contribution in [1.82, 2.24) is 5.32 Å². The summed E-state index contributed by atoms with van der Waals surface area (Å²) in [5.74, 6) is 0.106. The van der Waals surface area contributed by atoms with Gasteiger partial charge in [0.1, 0.15) is 6.04 Å². The van der Waals surface area contributed by atoms with Gasteiger partial charge in [-0.05, 0) is 12.2 Å². The van der Waals surface area contributed by atoms with E-state index in [-0.39, 0.29) is 11.8 Å². The normalized spacial score (nSPS) is 23.1. The molecular weight excluding hydrogens is 206 g/mol. The van der Waals surface area contributed by atoms with Gasteiger partial charge in [-0.15, -0.1) is 0 Å². The van der Waals surface area contributed by atoms with Crippen LogP contribution in [0.4, 0.5) is 0 Å². The van der Waals surface area contributed by atoms with Crippen molar-refractivity contribution in [1.29, 1.82) is 0 Å². The van der Waals surface area contributed by atoms with Crippen LogP contribution in [0, 0.1) is 5.92 Å². The van der Waals surface area contributed by atoms with E-state index in [2.05, 4.69) is 5.32 Å². The molecule has 6 heteroatoms. The Labute approximate surface area is 85.9 Å². The second-order valence-corrected chi connectivity index (χ2v) is 4.29. The number of carbonyl (C=O) groups excluding carboxylic acids is 1. The summed E-state index contributed by atoms with van der Waals surface area (Å²) in [6, 6.07) is -1.17. The first-order chi connectivity index (χ1) is 6.65. The Bertz CT molecular complexity index is 227. The number of hydrogen-bond donors (Lipinski definition) is 3. The van der Waals surface area contributed by atoms with Crippen molar-refractivity contribution >= 4 is 23.6 Å². The van der Waals surface area contributed by atoms with Crippen molar-refractivity contribution in [3.05, 3.63) is 0 Å². The topological polar surface area (TPSA) is 86.6 Å². The molecule has 1 rings (SSSR count). The Hall–Kier alpha value is -0.750. The molecular formula is C8H13NO4S. The number of carboxylic acids is 1. The Morgan fingerprint density at radius 3 is 2.71 bits per heavy atom. The van der Waals surface area contributed by atoms with E-state index in [0.717, 1.165) is 17.9 Å². The van der Waals surface area contributed by atoms with Gasteiger partial charge in [-0.1, -0.05) is 0 Å². The van der Waals surface area contributed by atoms with E-state index in [1.54, 1.807) is 11.8 Å². The molecule has 0 aromatic carbocycles. The lowest BCUT2D eigenvalue weighted by Gasteiger charge is -2.14. The van der Waals surface area contributed by atoms with Gasteiger partial charge in [-0.25, -0.2) is 4.79 Å². The zero-order valence-corrected chi connectivity index (χ0v) is 8.42. The molecule has 2 atom stereocenters. The summed E-state index contributed by atoms with van der Waals surface area (Å²) in [5.41, 5.74) is 0. The zero-order chi connectivity index (χ0) is 10.6. The second kappa shape index (κ2) is 5.21. The molecule has 5 nitrogen and oxygen atoms in total. The fourth-order valence-corrected chi connectivity index (χ4v) is 2.44. The van der Waals surface area contributed by atoms with Crippen LogP contribution in [0.1, 0.15) is 6.42 Å². The zero-order valence-electron chi connectivity index (χ0n) is 7.60. The van der Waals surface area contributed by atoms with E-state index in [4.69, 9.17) is 10.2 Å². The first-order valence-electron chi connectivity index (χ1n) is 4.37. The highest BCUT2D eigenvalue weighted by molar-refractivity contribution is 7.99. The standard InChI is InChI=1S/C8H13NO4S/c10-3-6(8(12)13)9-7(11)5-1-2-14-4-5/h5-6,10H,1-4H2,(H,9,11)(H,12,13)/t5?,6-/m0/s1. The van der Waals surface area contributed by atoms with Gasteiger partial charge in [0.25, 0.3) is 0 Å². The summed E-state index contributed by atoms with van der Waals surface area (Å²) in [5, 5.41) is 19.6. The highest BCUT2D eigenvalue weighted by atomic mass is 32.2.